The number of methoxy groups -OCH3 is 1. The van der Waals surface area contributed by atoms with E-state index in [0.29, 0.717) is 33.6 Å². The van der Waals surface area contributed by atoms with Crippen LogP contribution < -0.4 is 30.4 Å². The van der Waals surface area contributed by atoms with Gasteiger partial charge in [0.15, 0.2) is 11.7 Å². The summed E-state index contributed by atoms with van der Waals surface area (Å²) in [7, 11) is 1.58. The molecule has 3 aromatic rings. The van der Waals surface area contributed by atoms with Gasteiger partial charge in [0.1, 0.15) is 11.5 Å². The number of ether oxygens (including phenoxy) is 2. The van der Waals surface area contributed by atoms with Crippen molar-refractivity contribution >= 4 is 64.1 Å². The number of benzene rings is 3. The molecule has 9 nitrogen and oxygen atoms in total. The first-order valence-corrected chi connectivity index (χ1v) is 11.1. The van der Waals surface area contributed by atoms with Gasteiger partial charge in [0, 0.05) is 22.5 Å². The molecule has 0 aromatic heterocycles. The van der Waals surface area contributed by atoms with Crippen molar-refractivity contribution in [2.24, 2.45) is 5.10 Å². The molecular formula is C24H20ClN5O4S. The van der Waals surface area contributed by atoms with E-state index in [1.807, 2.05) is 0 Å². The topological polar surface area (TPSA) is 104 Å². The molecule has 0 bridgehead atoms. The van der Waals surface area contributed by atoms with E-state index in [-0.39, 0.29) is 17.6 Å². The first-order valence-electron chi connectivity index (χ1n) is 10.3. The molecule has 1 heterocycles. The van der Waals surface area contributed by atoms with Crippen molar-refractivity contribution in [3.63, 3.8) is 0 Å². The Kier molecular flexibility index (Phi) is 7.44. The van der Waals surface area contributed by atoms with Gasteiger partial charge in [-0.2, -0.15) is 5.10 Å². The number of carbonyl (C=O) groups is 2. The molecule has 0 spiro atoms. The van der Waals surface area contributed by atoms with Crippen LogP contribution in [-0.2, 0) is 4.79 Å². The van der Waals surface area contributed by atoms with Crippen molar-refractivity contribution in [3.8, 4) is 11.5 Å². The maximum absolute atomic E-state index is 12.6. The molecule has 35 heavy (non-hydrogen) atoms. The molecule has 3 aromatic carbocycles. The summed E-state index contributed by atoms with van der Waals surface area (Å²) in [5.74, 6) is 0.776. The highest BCUT2D eigenvalue weighted by atomic mass is 35.5. The first-order chi connectivity index (χ1) is 16.9. The number of halogens is 1. The van der Waals surface area contributed by atoms with Gasteiger partial charge in [-0.05, 0) is 66.3 Å². The number of amides is 3. The number of urea groups is 1. The van der Waals surface area contributed by atoms with E-state index in [1.54, 1.807) is 73.8 Å². The van der Waals surface area contributed by atoms with E-state index in [1.165, 1.54) is 11.1 Å². The van der Waals surface area contributed by atoms with Crippen molar-refractivity contribution in [1.82, 2.24) is 5.43 Å². The molecule has 3 N–H and O–H groups in total. The summed E-state index contributed by atoms with van der Waals surface area (Å²) in [5.41, 5.74) is 4.77. The van der Waals surface area contributed by atoms with Crippen LogP contribution in [0.1, 0.15) is 5.56 Å². The van der Waals surface area contributed by atoms with E-state index < -0.39 is 6.03 Å². The highest BCUT2D eigenvalue weighted by Gasteiger charge is 2.29. The largest absolute Gasteiger partial charge is 0.497 e. The van der Waals surface area contributed by atoms with Gasteiger partial charge < -0.3 is 20.1 Å². The van der Waals surface area contributed by atoms with E-state index >= 15 is 0 Å². The minimum Gasteiger partial charge on any atom is -0.497 e. The summed E-state index contributed by atoms with van der Waals surface area (Å²) in [6, 6.07) is 18.5. The molecule has 4 rings (SSSR count). The van der Waals surface area contributed by atoms with E-state index in [4.69, 9.17) is 33.3 Å². The Morgan fingerprint density at radius 3 is 2.51 bits per heavy atom. The summed E-state index contributed by atoms with van der Waals surface area (Å²) in [6.07, 6.45) is 1.49. The maximum Gasteiger partial charge on any atom is 0.339 e. The van der Waals surface area contributed by atoms with Crippen molar-refractivity contribution in [2.75, 3.05) is 29.3 Å². The van der Waals surface area contributed by atoms with Gasteiger partial charge >= 0.3 is 6.03 Å². The smallest absolute Gasteiger partial charge is 0.339 e. The zero-order valence-corrected chi connectivity index (χ0v) is 20.0. The number of carbonyl (C=O) groups excluding carboxylic acids is 2. The molecule has 178 valence electrons. The second kappa shape index (κ2) is 10.9. The van der Waals surface area contributed by atoms with Gasteiger partial charge in [0.2, 0.25) is 0 Å². The van der Waals surface area contributed by atoms with E-state index in [0.717, 1.165) is 5.56 Å². The van der Waals surface area contributed by atoms with Crippen LogP contribution in [0.25, 0.3) is 0 Å². The molecule has 0 unspecified atom stereocenters. The Morgan fingerprint density at radius 2 is 1.80 bits per heavy atom. The van der Waals surface area contributed by atoms with Crippen molar-refractivity contribution in [2.45, 2.75) is 0 Å². The zero-order valence-electron chi connectivity index (χ0n) is 18.4. The average molecular weight is 510 g/mol. The van der Waals surface area contributed by atoms with Gasteiger partial charge in [-0.25, -0.2) is 10.2 Å². The maximum atomic E-state index is 12.6. The van der Waals surface area contributed by atoms with Gasteiger partial charge in [0.25, 0.3) is 5.91 Å². The minimum atomic E-state index is -0.546. The Labute approximate surface area is 211 Å². The second-order valence-corrected chi connectivity index (χ2v) is 8.06. The predicted molar refractivity (Wildman–Crippen MR) is 140 cm³/mol. The standard InChI is InChI=1S/C24H20ClN5O4S/c1-33-19-9-6-17(7-10-19)28-24(35)30-20-11-8-18(12-21(20)34-14-22(30)31)27-23(32)29-26-13-15-2-4-16(25)5-3-15/h2-13H,14H2,1H3,(H,28,35)(H2,27,29,32)/b26-13-. The van der Waals surface area contributed by atoms with Gasteiger partial charge in [-0.1, -0.05) is 23.7 Å². The summed E-state index contributed by atoms with van der Waals surface area (Å²) < 4.78 is 10.7. The number of anilines is 3. The molecule has 3 amide bonds. The molecule has 0 saturated heterocycles. The van der Waals surface area contributed by atoms with Crippen LogP contribution in [0.3, 0.4) is 0 Å². The fourth-order valence-electron chi connectivity index (χ4n) is 3.18. The third-order valence-corrected chi connectivity index (χ3v) is 5.39. The highest BCUT2D eigenvalue weighted by molar-refractivity contribution is 7.80. The lowest BCUT2D eigenvalue weighted by atomic mass is 10.2. The zero-order chi connectivity index (χ0) is 24.8. The van der Waals surface area contributed by atoms with E-state index in [9.17, 15) is 9.59 Å². The SMILES string of the molecule is COc1ccc(NC(=S)N2C(=O)COc3cc(NC(=O)N/N=C\c4ccc(Cl)cc4)ccc32)cc1. The number of fused-ring (bicyclic) bond motifs is 1. The number of nitrogens with one attached hydrogen (secondary N) is 3. The third kappa shape index (κ3) is 6.05. The van der Waals surface area contributed by atoms with Crippen LogP contribution in [0.4, 0.5) is 21.9 Å². The lowest BCUT2D eigenvalue weighted by Gasteiger charge is -2.30. The van der Waals surface area contributed by atoms with Crippen LogP contribution in [0, 0.1) is 0 Å². The second-order valence-electron chi connectivity index (χ2n) is 7.23. The number of nitrogens with zero attached hydrogens (tertiary/aromatic N) is 2. The molecule has 0 saturated carbocycles. The summed E-state index contributed by atoms with van der Waals surface area (Å²) in [5, 5.41) is 10.4. The Bertz CT molecular complexity index is 1280. The van der Waals surface area contributed by atoms with Crippen molar-refractivity contribution in [1.29, 1.82) is 0 Å². The van der Waals surface area contributed by atoms with Gasteiger partial charge in [0.05, 0.1) is 19.0 Å². The third-order valence-electron chi connectivity index (χ3n) is 4.85. The molecule has 11 heteroatoms. The minimum absolute atomic E-state index is 0.194. The van der Waals surface area contributed by atoms with Crippen LogP contribution in [0.5, 0.6) is 11.5 Å². The molecule has 0 fully saturated rings. The fraction of sp³-hybridized carbons (Fsp3) is 0.0833. The predicted octanol–water partition coefficient (Wildman–Crippen LogP) is 4.63. The number of hydrogen-bond acceptors (Lipinski definition) is 6. The fourth-order valence-corrected chi connectivity index (χ4v) is 3.62. The molecule has 0 radical (unpaired) electrons. The highest BCUT2D eigenvalue weighted by Crippen LogP contribution is 2.35. The molecule has 1 aliphatic rings. The molecule has 0 atom stereocenters. The molecule has 0 aliphatic carbocycles. The number of hydrogen-bond donors (Lipinski definition) is 3. The number of thiocarbonyl (C=S) groups is 1. The number of rotatable bonds is 5. The Morgan fingerprint density at radius 1 is 1.09 bits per heavy atom. The van der Waals surface area contributed by atoms with Gasteiger partial charge in [-0.3, -0.25) is 9.69 Å². The quantitative estimate of drug-likeness (QED) is 0.263. The molecule has 1 aliphatic heterocycles. The number of hydrazone groups is 1. The summed E-state index contributed by atoms with van der Waals surface area (Å²) in [4.78, 5) is 26.1. The van der Waals surface area contributed by atoms with Crippen molar-refractivity contribution < 1.29 is 19.1 Å². The van der Waals surface area contributed by atoms with Crippen LogP contribution in [0.2, 0.25) is 5.02 Å². The summed E-state index contributed by atoms with van der Waals surface area (Å²) in [6.45, 7) is -0.196. The normalized spacial score (nSPS) is 12.5. The van der Waals surface area contributed by atoms with Crippen LogP contribution >= 0.6 is 23.8 Å². The summed E-state index contributed by atoms with van der Waals surface area (Å²) >= 11 is 11.3. The lowest BCUT2D eigenvalue weighted by Crippen LogP contribution is -2.45. The Balaban J connectivity index is 1.41. The van der Waals surface area contributed by atoms with Crippen LogP contribution in [0.15, 0.2) is 71.8 Å². The average Bonchev–Trinajstić information content (AvgIpc) is 2.85. The first kappa shape index (κ1) is 24.0. The lowest BCUT2D eigenvalue weighted by molar-refractivity contribution is -0.120. The van der Waals surface area contributed by atoms with Crippen molar-refractivity contribution in [3.05, 3.63) is 77.3 Å². The van der Waals surface area contributed by atoms with Crippen LogP contribution in [-0.4, -0.2) is 37.0 Å². The Hall–Kier alpha value is -4.15. The molecular weight excluding hydrogens is 490 g/mol. The monoisotopic (exact) mass is 509 g/mol. The van der Waals surface area contributed by atoms with Gasteiger partial charge in [-0.15, -0.1) is 0 Å². The van der Waals surface area contributed by atoms with E-state index in [2.05, 4.69) is 21.2 Å².